The van der Waals surface area contributed by atoms with Crippen LogP contribution >= 0.6 is 15.9 Å². The van der Waals surface area contributed by atoms with Crippen LogP contribution in [0.25, 0.3) is 0 Å². The SMILES string of the molecule is CC(=O)OCN(CCCC(=O)c1cncc(Br)c1)N=O. The lowest BCUT2D eigenvalue weighted by Crippen LogP contribution is -2.23. The summed E-state index contributed by atoms with van der Waals surface area (Å²) in [6.45, 7) is 1.28. The lowest BCUT2D eigenvalue weighted by molar-refractivity contribution is -0.145. The van der Waals surface area contributed by atoms with Gasteiger partial charge in [0, 0.05) is 42.3 Å². The van der Waals surface area contributed by atoms with Gasteiger partial charge in [0.25, 0.3) is 0 Å². The molecule has 1 heterocycles. The maximum atomic E-state index is 11.9. The van der Waals surface area contributed by atoms with Gasteiger partial charge in [0.1, 0.15) is 0 Å². The van der Waals surface area contributed by atoms with Gasteiger partial charge in [-0.2, -0.15) is 0 Å². The molecule has 1 rings (SSSR count). The van der Waals surface area contributed by atoms with Crippen molar-refractivity contribution in [3.05, 3.63) is 33.4 Å². The van der Waals surface area contributed by atoms with Crippen LogP contribution in [0.3, 0.4) is 0 Å². The van der Waals surface area contributed by atoms with Crippen molar-refractivity contribution in [3.8, 4) is 0 Å². The largest absolute Gasteiger partial charge is 0.443 e. The van der Waals surface area contributed by atoms with Crippen molar-refractivity contribution in [1.29, 1.82) is 0 Å². The number of ketones is 1. The molecular formula is C12H14BrN3O4. The first kappa shape index (κ1) is 16.2. The van der Waals surface area contributed by atoms with Gasteiger partial charge < -0.3 is 4.74 Å². The van der Waals surface area contributed by atoms with Gasteiger partial charge in [-0.05, 0) is 28.4 Å². The number of nitrogens with zero attached hydrogens (tertiary/aromatic N) is 3. The smallest absolute Gasteiger partial charge is 0.304 e. The summed E-state index contributed by atoms with van der Waals surface area (Å²) in [7, 11) is 0. The van der Waals surface area contributed by atoms with Crippen LogP contribution in [0.1, 0.15) is 30.1 Å². The normalized spacial score (nSPS) is 9.90. The van der Waals surface area contributed by atoms with Crippen LogP contribution in [0.2, 0.25) is 0 Å². The third kappa shape index (κ3) is 5.87. The predicted octanol–water partition coefficient (Wildman–Crippen LogP) is 2.31. The Hall–Kier alpha value is -1.83. The molecule has 8 heteroatoms. The quantitative estimate of drug-likeness (QED) is 0.236. The van der Waals surface area contributed by atoms with E-state index >= 15 is 0 Å². The molecule has 0 fully saturated rings. The molecule has 0 spiro atoms. The van der Waals surface area contributed by atoms with Crippen LogP contribution in [0.15, 0.2) is 28.2 Å². The fourth-order valence-electron chi connectivity index (χ4n) is 1.43. The summed E-state index contributed by atoms with van der Waals surface area (Å²) >= 11 is 3.24. The van der Waals surface area contributed by atoms with Gasteiger partial charge >= 0.3 is 5.97 Å². The van der Waals surface area contributed by atoms with Crippen molar-refractivity contribution >= 4 is 27.7 Å². The number of esters is 1. The van der Waals surface area contributed by atoms with Crippen molar-refractivity contribution in [1.82, 2.24) is 9.99 Å². The average molecular weight is 344 g/mol. The third-order valence-corrected chi connectivity index (χ3v) is 2.81. The molecule has 0 aliphatic carbocycles. The number of ether oxygens (including phenoxy) is 1. The molecule has 0 aliphatic rings. The number of Topliss-reactive ketones (excluding diaryl/α,β-unsaturated/α-hetero) is 1. The van der Waals surface area contributed by atoms with E-state index in [4.69, 9.17) is 0 Å². The second-order valence-corrected chi connectivity index (χ2v) is 4.91. The van der Waals surface area contributed by atoms with E-state index in [1.54, 1.807) is 12.3 Å². The van der Waals surface area contributed by atoms with Gasteiger partial charge in [-0.1, -0.05) is 0 Å². The number of halogens is 1. The van der Waals surface area contributed by atoms with Crippen LogP contribution in [0, 0.1) is 4.91 Å². The minimum atomic E-state index is -0.491. The van der Waals surface area contributed by atoms with Gasteiger partial charge in [-0.25, -0.2) is 5.01 Å². The summed E-state index contributed by atoms with van der Waals surface area (Å²) in [6, 6.07) is 1.68. The summed E-state index contributed by atoms with van der Waals surface area (Å²) in [5.74, 6) is -0.563. The molecule has 0 radical (unpaired) electrons. The molecular weight excluding hydrogens is 330 g/mol. The van der Waals surface area contributed by atoms with E-state index < -0.39 is 5.97 Å². The second-order valence-electron chi connectivity index (χ2n) is 4.00. The Bertz CT molecular complexity index is 495. The Labute approximate surface area is 124 Å². The molecule has 0 amide bonds. The van der Waals surface area contributed by atoms with E-state index in [1.165, 1.54) is 13.1 Å². The zero-order valence-corrected chi connectivity index (χ0v) is 12.5. The Morgan fingerprint density at radius 1 is 1.45 bits per heavy atom. The Morgan fingerprint density at radius 2 is 2.20 bits per heavy atom. The first-order valence-electron chi connectivity index (χ1n) is 5.88. The first-order valence-corrected chi connectivity index (χ1v) is 6.67. The second kappa shape index (κ2) is 8.36. The molecule has 1 aromatic rings. The van der Waals surface area contributed by atoms with Gasteiger partial charge in [-0.3, -0.25) is 14.6 Å². The maximum absolute atomic E-state index is 11.9. The van der Waals surface area contributed by atoms with E-state index in [0.29, 0.717) is 12.0 Å². The van der Waals surface area contributed by atoms with Gasteiger partial charge in [0.15, 0.2) is 12.5 Å². The zero-order chi connectivity index (χ0) is 15.0. The fraction of sp³-hybridized carbons (Fsp3) is 0.417. The van der Waals surface area contributed by atoms with Crippen LogP contribution in [0.5, 0.6) is 0 Å². The summed E-state index contributed by atoms with van der Waals surface area (Å²) in [5, 5.41) is 3.77. The molecule has 7 nitrogen and oxygen atoms in total. The predicted molar refractivity (Wildman–Crippen MR) is 74.6 cm³/mol. The van der Waals surface area contributed by atoms with Crippen molar-refractivity contribution in [2.75, 3.05) is 13.3 Å². The van der Waals surface area contributed by atoms with E-state index in [9.17, 15) is 14.5 Å². The molecule has 0 aromatic carbocycles. The standard InChI is InChI=1S/C12H14BrN3O4/c1-9(17)20-8-16(15-19)4-2-3-12(18)10-5-11(13)7-14-6-10/h5-7H,2-4,8H2,1H3. The van der Waals surface area contributed by atoms with Gasteiger partial charge in [0.05, 0.1) is 5.29 Å². The van der Waals surface area contributed by atoms with E-state index in [2.05, 4.69) is 30.9 Å². The number of hydrogen-bond donors (Lipinski definition) is 0. The highest BCUT2D eigenvalue weighted by molar-refractivity contribution is 9.10. The molecule has 20 heavy (non-hydrogen) atoms. The third-order valence-electron chi connectivity index (χ3n) is 2.38. The zero-order valence-electron chi connectivity index (χ0n) is 10.9. The van der Waals surface area contributed by atoms with Gasteiger partial charge in [-0.15, -0.1) is 4.91 Å². The summed E-state index contributed by atoms with van der Waals surface area (Å²) < 4.78 is 5.38. The Balaban J connectivity index is 2.37. The van der Waals surface area contributed by atoms with Crippen LogP contribution in [0.4, 0.5) is 0 Å². The first-order chi connectivity index (χ1) is 9.52. The van der Waals surface area contributed by atoms with Crippen LogP contribution in [-0.2, 0) is 9.53 Å². The lowest BCUT2D eigenvalue weighted by atomic mass is 10.1. The highest BCUT2D eigenvalue weighted by Gasteiger charge is 2.09. The monoisotopic (exact) mass is 343 g/mol. The number of carbonyl (C=O) groups excluding carboxylic acids is 2. The topological polar surface area (TPSA) is 88.9 Å². The van der Waals surface area contributed by atoms with E-state index in [-0.39, 0.29) is 25.5 Å². The summed E-state index contributed by atoms with van der Waals surface area (Å²) in [6.07, 6.45) is 3.76. The van der Waals surface area contributed by atoms with E-state index in [1.807, 2.05) is 0 Å². The number of pyridine rings is 1. The Kier molecular flexibility index (Phi) is 6.78. The number of aromatic nitrogens is 1. The molecule has 1 aromatic heterocycles. The maximum Gasteiger partial charge on any atom is 0.304 e. The van der Waals surface area contributed by atoms with Crippen molar-refractivity contribution in [3.63, 3.8) is 0 Å². The highest BCUT2D eigenvalue weighted by Crippen LogP contribution is 2.12. The number of carbonyl (C=O) groups is 2. The van der Waals surface area contributed by atoms with Crippen molar-refractivity contribution in [2.45, 2.75) is 19.8 Å². The molecule has 0 bridgehead atoms. The molecule has 0 atom stereocenters. The highest BCUT2D eigenvalue weighted by atomic mass is 79.9. The number of rotatable bonds is 8. The number of nitroso groups, excluding NO2 is 1. The van der Waals surface area contributed by atoms with Crippen LogP contribution in [-0.4, -0.2) is 35.0 Å². The molecule has 0 saturated heterocycles. The molecule has 0 N–H and O–H groups in total. The minimum absolute atomic E-state index is 0.0721. The van der Waals surface area contributed by atoms with Crippen molar-refractivity contribution < 1.29 is 14.3 Å². The Morgan fingerprint density at radius 3 is 2.80 bits per heavy atom. The molecule has 108 valence electrons. The van der Waals surface area contributed by atoms with Gasteiger partial charge in [0.2, 0.25) is 0 Å². The van der Waals surface area contributed by atoms with Crippen LogP contribution < -0.4 is 0 Å². The average Bonchev–Trinajstić information content (AvgIpc) is 2.42. The number of hydrogen-bond acceptors (Lipinski definition) is 6. The van der Waals surface area contributed by atoms with Crippen molar-refractivity contribution in [2.24, 2.45) is 5.29 Å². The molecule has 0 aliphatic heterocycles. The van der Waals surface area contributed by atoms with E-state index in [0.717, 1.165) is 9.48 Å². The summed E-state index contributed by atoms with van der Waals surface area (Å²) in [5.41, 5.74) is 0.505. The molecule has 0 unspecified atom stereocenters. The fourth-order valence-corrected chi connectivity index (χ4v) is 1.79. The molecule has 0 saturated carbocycles. The minimum Gasteiger partial charge on any atom is -0.443 e. The lowest BCUT2D eigenvalue weighted by Gasteiger charge is -2.13. The summed E-state index contributed by atoms with van der Waals surface area (Å²) in [4.78, 5) is 36.9.